The molecule has 1 aromatic heterocycles. The minimum absolute atomic E-state index is 0.0371. The van der Waals surface area contributed by atoms with Crippen molar-refractivity contribution in [1.29, 1.82) is 0 Å². The molecule has 8 heteroatoms. The molecule has 0 spiro atoms. The van der Waals surface area contributed by atoms with E-state index in [1.165, 1.54) is 0 Å². The van der Waals surface area contributed by atoms with Crippen LogP contribution in [-0.4, -0.2) is 47.8 Å². The topological polar surface area (TPSA) is 85.1 Å². The van der Waals surface area contributed by atoms with E-state index in [1.807, 2.05) is 18.4 Å². The third kappa shape index (κ3) is 4.41. The molecule has 102 valence electrons. The van der Waals surface area contributed by atoms with Crippen LogP contribution in [0.4, 0.5) is 0 Å². The molecule has 2 unspecified atom stereocenters. The second kappa shape index (κ2) is 6.89. The van der Waals surface area contributed by atoms with Gasteiger partial charge in [0.2, 0.25) is 0 Å². The van der Waals surface area contributed by atoms with E-state index < -0.39 is 16.8 Å². The van der Waals surface area contributed by atoms with Crippen LogP contribution in [-0.2, 0) is 15.6 Å². The van der Waals surface area contributed by atoms with E-state index in [0.29, 0.717) is 10.9 Å². The Morgan fingerprint density at radius 1 is 1.56 bits per heavy atom. The fourth-order valence-electron chi connectivity index (χ4n) is 1.55. The number of thioether (sulfide) groups is 1. The van der Waals surface area contributed by atoms with Crippen LogP contribution >= 0.6 is 11.8 Å². The molecule has 0 fully saturated rings. The number of aromatic nitrogens is 3. The highest BCUT2D eigenvalue weighted by Gasteiger charge is 2.16. The fraction of sp³-hybridized carbons (Fsp3) is 0.700. The summed E-state index contributed by atoms with van der Waals surface area (Å²) in [6.07, 6.45) is 2.43. The summed E-state index contributed by atoms with van der Waals surface area (Å²) < 4.78 is 13.0. The van der Waals surface area contributed by atoms with E-state index in [0.717, 1.165) is 24.0 Å². The zero-order valence-electron chi connectivity index (χ0n) is 10.6. The quantitative estimate of drug-likeness (QED) is 0.757. The molecule has 6 nitrogen and oxygen atoms in total. The fourth-order valence-corrected chi connectivity index (χ4v) is 3.02. The standard InChI is InChI=1S/C10H17N3O3S2/c1-7(4-5-18(3)16)13-8(2)11-12-10(13)17-6-9(14)15/h7H,4-6H2,1-3H3,(H,14,15). The second-order valence-electron chi connectivity index (χ2n) is 4.00. The number of hydrogen-bond acceptors (Lipinski definition) is 5. The average Bonchev–Trinajstić information content (AvgIpc) is 2.64. The molecular weight excluding hydrogens is 274 g/mol. The Labute approximate surface area is 113 Å². The predicted molar refractivity (Wildman–Crippen MR) is 71.4 cm³/mol. The Morgan fingerprint density at radius 2 is 2.22 bits per heavy atom. The number of hydrogen-bond donors (Lipinski definition) is 1. The first-order valence-electron chi connectivity index (χ1n) is 5.48. The first kappa shape index (κ1) is 15.2. The predicted octanol–water partition coefficient (Wildman–Crippen LogP) is 1.09. The SMILES string of the molecule is Cc1nnc(SCC(=O)O)n1C(C)CCS(C)=O. The third-order valence-corrected chi connectivity index (χ3v) is 4.16. The monoisotopic (exact) mass is 291 g/mol. The van der Waals surface area contributed by atoms with Gasteiger partial charge in [0, 0.05) is 28.9 Å². The molecule has 0 saturated carbocycles. The lowest BCUT2D eigenvalue weighted by Gasteiger charge is -2.15. The molecule has 2 atom stereocenters. The molecular formula is C10H17N3O3S2. The van der Waals surface area contributed by atoms with Gasteiger partial charge in [-0.05, 0) is 20.3 Å². The van der Waals surface area contributed by atoms with Crippen molar-refractivity contribution in [1.82, 2.24) is 14.8 Å². The van der Waals surface area contributed by atoms with E-state index in [-0.39, 0.29) is 11.8 Å². The van der Waals surface area contributed by atoms with Crippen LogP contribution in [0.5, 0.6) is 0 Å². The van der Waals surface area contributed by atoms with Crippen molar-refractivity contribution < 1.29 is 14.1 Å². The van der Waals surface area contributed by atoms with Gasteiger partial charge in [-0.2, -0.15) is 0 Å². The van der Waals surface area contributed by atoms with Crippen molar-refractivity contribution in [2.45, 2.75) is 31.5 Å². The van der Waals surface area contributed by atoms with E-state index in [9.17, 15) is 9.00 Å². The number of rotatable bonds is 7. The summed E-state index contributed by atoms with van der Waals surface area (Å²) >= 11 is 1.15. The van der Waals surface area contributed by atoms with Crippen LogP contribution in [0.1, 0.15) is 25.2 Å². The van der Waals surface area contributed by atoms with E-state index >= 15 is 0 Å². The lowest BCUT2D eigenvalue weighted by molar-refractivity contribution is -0.133. The van der Waals surface area contributed by atoms with Crippen LogP contribution in [0.3, 0.4) is 0 Å². The van der Waals surface area contributed by atoms with Crippen molar-refractivity contribution in [3.8, 4) is 0 Å². The number of aryl methyl sites for hydroxylation is 1. The maximum atomic E-state index is 11.1. The highest BCUT2D eigenvalue weighted by molar-refractivity contribution is 7.99. The summed E-state index contributed by atoms with van der Waals surface area (Å²) in [7, 11) is -0.827. The number of nitrogens with zero attached hydrogens (tertiary/aromatic N) is 3. The Hall–Kier alpha value is -0.890. The largest absolute Gasteiger partial charge is 0.481 e. The minimum atomic E-state index is -0.880. The molecule has 18 heavy (non-hydrogen) atoms. The number of aliphatic carboxylic acids is 1. The Balaban J connectivity index is 2.76. The van der Waals surface area contributed by atoms with Gasteiger partial charge < -0.3 is 9.67 Å². The summed E-state index contributed by atoms with van der Waals surface area (Å²) in [4.78, 5) is 10.6. The van der Waals surface area contributed by atoms with E-state index in [2.05, 4.69) is 10.2 Å². The summed E-state index contributed by atoms with van der Waals surface area (Å²) in [6.45, 7) is 3.82. The molecule has 0 amide bonds. The maximum absolute atomic E-state index is 11.1. The Bertz CT molecular complexity index is 448. The molecule has 1 aromatic rings. The van der Waals surface area contributed by atoms with E-state index in [4.69, 9.17) is 5.11 Å². The van der Waals surface area contributed by atoms with Gasteiger partial charge >= 0.3 is 5.97 Å². The average molecular weight is 291 g/mol. The lowest BCUT2D eigenvalue weighted by atomic mass is 10.2. The molecule has 0 radical (unpaired) electrons. The number of carboxylic acids is 1. The van der Waals surface area contributed by atoms with Crippen molar-refractivity contribution in [2.75, 3.05) is 17.8 Å². The molecule has 1 rings (SSSR count). The zero-order valence-corrected chi connectivity index (χ0v) is 12.3. The van der Waals surface area contributed by atoms with Gasteiger partial charge in [-0.1, -0.05) is 11.8 Å². The smallest absolute Gasteiger partial charge is 0.313 e. The Kier molecular flexibility index (Phi) is 5.80. The van der Waals surface area contributed by atoms with Crippen molar-refractivity contribution in [3.05, 3.63) is 5.82 Å². The van der Waals surface area contributed by atoms with Gasteiger partial charge in [-0.15, -0.1) is 10.2 Å². The molecule has 0 bridgehead atoms. The zero-order chi connectivity index (χ0) is 13.7. The third-order valence-electron chi connectivity index (χ3n) is 2.42. The van der Waals surface area contributed by atoms with Crippen molar-refractivity contribution >= 4 is 28.5 Å². The van der Waals surface area contributed by atoms with Crippen LogP contribution in [0, 0.1) is 6.92 Å². The maximum Gasteiger partial charge on any atom is 0.313 e. The normalized spacial score (nSPS) is 14.4. The molecule has 1 heterocycles. The molecule has 0 aliphatic carbocycles. The highest BCUT2D eigenvalue weighted by Crippen LogP contribution is 2.23. The molecule has 0 aliphatic heterocycles. The van der Waals surface area contributed by atoms with Crippen LogP contribution < -0.4 is 0 Å². The number of carboxylic acid groups (broad SMARTS) is 1. The van der Waals surface area contributed by atoms with Crippen molar-refractivity contribution in [2.24, 2.45) is 0 Å². The summed E-state index contributed by atoms with van der Waals surface area (Å²) in [5.74, 6) is 0.443. The highest BCUT2D eigenvalue weighted by atomic mass is 32.2. The number of carbonyl (C=O) groups is 1. The molecule has 0 aliphatic rings. The van der Waals surface area contributed by atoms with Crippen LogP contribution in [0.25, 0.3) is 0 Å². The van der Waals surface area contributed by atoms with Crippen molar-refractivity contribution in [3.63, 3.8) is 0 Å². The summed E-state index contributed by atoms with van der Waals surface area (Å²) in [5, 5.41) is 17.2. The summed E-state index contributed by atoms with van der Waals surface area (Å²) in [6, 6.07) is 0.111. The first-order valence-corrected chi connectivity index (χ1v) is 8.19. The van der Waals surface area contributed by atoms with Crippen LogP contribution in [0.2, 0.25) is 0 Å². The van der Waals surface area contributed by atoms with Gasteiger partial charge in [0.25, 0.3) is 0 Å². The minimum Gasteiger partial charge on any atom is -0.481 e. The van der Waals surface area contributed by atoms with Crippen LogP contribution in [0.15, 0.2) is 5.16 Å². The first-order chi connectivity index (χ1) is 8.41. The lowest BCUT2D eigenvalue weighted by Crippen LogP contribution is -2.12. The van der Waals surface area contributed by atoms with Gasteiger partial charge in [0.1, 0.15) is 5.82 Å². The van der Waals surface area contributed by atoms with Gasteiger partial charge in [-0.3, -0.25) is 9.00 Å². The summed E-state index contributed by atoms with van der Waals surface area (Å²) in [5.41, 5.74) is 0. The van der Waals surface area contributed by atoms with Gasteiger partial charge in [-0.25, -0.2) is 0 Å². The molecule has 0 saturated heterocycles. The molecule has 1 N–H and O–H groups in total. The van der Waals surface area contributed by atoms with Gasteiger partial charge in [0.05, 0.1) is 5.75 Å². The molecule has 0 aromatic carbocycles. The van der Waals surface area contributed by atoms with Gasteiger partial charge in [0.15, 0.2) is 5.16 Å². The Morgan fingerprint density at radius 3 is 2.78 bits per heavy atom. The van der Waals surface area contributed by atoms with E-state index in [1.54, 1.807) is 6.26 Å². The second-order valence-corrected chi connectivity index (χ2v) is 6.49.